The fourth-order valence-corrected chi connectivity index (χ4v) is 9.95. The van der Waals surface area contributed by atoms with Crippen molar-refractivity contribution in [2.24, 2.45) is 0 Å². The Morgan fingerprint density at radius 2 is 0.746 bits per heavy atom. The first-order chi connectivity index (χ1) is 31.2. The van der Waals surface area contributed by atoms with Crippen LogP contribution in [0.2, 0.25) is 0 Å². The van der Waals surface area contributed by atoms with E-state index in [0.29, 0.717) is 0 Å². The molecule has 0 N–H and O–H groups in total. The third kappa shape index (κ3) is 5.67. The molecule has 0 unspecified atom stereocenters. The molecule has 63 heavy (non-hydrogen) atoms. The zero-order chi connectivity index (χ0) is 41.4. The van der Waals surface area contributed by atoms with Gasteiger partial charge in [-0.15, -0.1) is 0 Å². The normalized spacial score (nSPS) is 11.8. The molecule has 0 spiro atoms. The molecule has 0 saturated carbocycles. The lowest BCUT2D eigenvalue weighted by molar-refractivity contribution is 0.669. The van der Waals surface area contributed by atoms with E-state index in [0.717, 1.165) is 33.3 Å². The third-order valence-electron chi connectivity index (χ3n) is 13.0. The van der Waals surface area contributed by atoms with E-state index in [2.05, 4.69) is 228 Å². The number of benzene rings is 10. The Kier molecular flexibility index (Phi) is 7.91. The molecule has 3 aromatic heterocycles. The molecule has 0 aliphatic heterocycles. The number of hydrogen-bond donors (Lipinski definition) is 0. The average Bonchev–Trinajstić information content (AvgIpc) is 4.01. The summed E-state index contributed by atoms with van der Waals surface area (Å²) in [6.45, 7) is 0. The standard InChI is InChI=1S/C60H38N2O/c1-3-12-39(13-4-1)44-28-34-52-57(37-44)62(47-31-26-41(27-32-47)40-22-24-42(25-23-40)43-30-35-59-53(36-43)51-17-8-10-21-58(51)63-59)55-20-11-18-48(60(52)55)45-29-33-50-49-16-7-9-19-54(49)61(56(50)38-45)46-14-5-2-6-15-46/h1-38H. The molecule has 0 saturated heterocycles. The molecule has 3 nitrogen and oxygen atoms in total. The lowest BCUT2D eigenvalue weighted by Gasteiger charge is -2.12. The summed E-state index contributed by atoms with van der Waals surface area (Å²) in [4.78, 5) is 0. The molecule has 294 valence electrons. The molecule has 13 rings (SSSR count). The summed E-state index contributed by atoms with van der Waals surface area (Å²) in [7, 11) is 0. The summed E-state index contributed by atoms with van der Waals surface area (Å²) in [5.41, 5.74) is 18.4. The Labute approximate surface area is 363 Å². The molecule has 0 amide bonds. The van der Waals surface area contributed by atoms with Crippen LogP contribution in [0.1, 0.15) is 0 Å². The van der Waals surface area contributed by atoms with Crippen LogP contribution in [-0.2, 0) is 0 Å². The Morgan fingerprint density at radius 3 is 1.56 bits per heavy atom. The van der Waals surface area contributed by atoms with Gasteiger partial charge in [-0.2, -0.15) is 0 Å². The number of hydrogen-bond acceptors (Lipinski definition) is 1. The van der Waals surface area contributed by atoms with Crippen LogP contribution in [-0.4, -0.2) is 9.13 Å². The Hall–Kier alpha value is -8.40. The van der Waals surface area contributed by atoms with Gasteiger partial charge in [0.25, 0.3) is 0 Å². The van der Waals surface area contributed by atoms with E-state index in [1.807, 2.05) is 12.1 Å². The minimum Gasteiger partial charge on any atom is -0.456 e. The van der Waals surface area contributed by atoms with Crippen molar-refractivity contribution in [1.29, 1.82) is 0 Å². The highest BCUT2D eigenvalue weighted by atomic mass is 16.3. The van der Waals surface area contributed by atoms with Gasteiger partial charge in [-0.3, -0.25) is 0 Å². The van der Waals surface area contributed by atoms with Crippen molar-refractivity contribution >= 4 is 65.6 Å². The van der Waals surface area contributed by atoms with Crippen molar-refractivity contribution in [3.05, 3.63) is 231 Å². The smallest absolute Gasteiger partial charge is 0.135 e. The molecule has 0 radical (unpaired) electrons. The van der Waals surface area contributed by atoms with E-state index in [1.54, 1.807) is 0 Å². The van der Waals surface area contributed by atoms with E-state index >= 15 is 0 Å². The summed E-state index contributed by atoms with van der Waals surface area (Å²) >= 11 is 0. The second-order valence-corrected chi connectivity index (χ2v) is 16.5. The summed E-state index contributed by atoms with van der Waals surface area (Å²) in [6, 6.07) is 83.6. The molecule has 3 heterocycles. The molecule has 0 fully saturated rings. The predicted molar refractivity (Wildman–Crippen MR) is 264 cm³/mol. The van der Waals surface area contributed by atoms with Crippen LogP contribution in [0.15, 0.2) is 235 Å². The first-order valence-corrected chi connectivity index (χ1v) is 21.6. The van der Waals surface area contributed by atoms with Gasteiger partial charge in [0.1, 0.15) is 11.2 Å². The molecule has 0 atom stereocenters. The summed E-state index contributed by atoms with van der Waals surface area (Å²) < 4.78 is 10.9. The lowest BCUT2D eigenvalue weighted by Crippen LogP contribution is -1.94. The monoisotopic (exact) mass is 802 g/mol. The summed E-state index contributed by atoms with van der Waals surface area (Å²) in [5.74, 6) is 0. The maximum Gasteiger partial charge on any atom is 0.135 e. The molecule has 0 bridgehead atoms. The quantitative estimate of drug-likeness (QED) is 0.164. The first kappa shape index (κ1) is 35.4. The molecular weight excluding hydrogens is 765 g/mol. The van der Waals surface area contributed by atoms with E-state index in [4.69, 9.17) is 4.42 Å². The second-order valence-electron chi connectivity index (χ2n) is 16.5. The van der Waals surface area contributed by atoms with Crippen molar-refractivity contribution in [3.8, 4) is 55.9 Å². The minimum absolute atomic E-state index is 0.914. The molecular formula is C60H38N2O. The van der Waals surface area contributed by atoms with Crippen LogP contribution in [0.5, 0.6) is 0 Å². The number of para-hydroxylation sites is 3. The number of nitrogens with zero attached hydrogens (tertiary/aromatic N) is 2. The van der Waals surface area contributed by atoms with Crippen molar-refractivity contribution in [2.45, 2.75) is 0 Å². The SMILES string of the molecule is c1ccc(-c2ccc3c4c(-c5ccc6c7ccccc7n(-c7ccccc7)c6c5)cccc4n(-c4ccc(-c5ccc(-c6ccc7oc8ccccc8c7c6)cc5)cc4)c3c2)cc1. The zero-order valence-electron chi connectivity index (χ0n) is 34.2. The topological polar surface area (TPSA) is 23.0 Å². The molecule has 13 aromatic rings. The van der Waals surface area contributed by atoms with Crippen LogP contribution in [0, 0.1) is 0 Å². The van der Waals surface area contributed by atoms with Crippen molar-refractivity contribution < 1.29 is 4.42 Å². The van der Waals surface area contributed by atoms with E-state index in [1.165, 1.54) is 88.1 Å². The highest BCUT2D eigenvalue weighted by molar-refractivity contribution is 6.18. The van der Waals surface area contributed by atoms with Crippen molar-refractivity contribution in [1.82, 2.24) is 9.13 Å². The maximum absolute atomic E-state index is 6.09. The van der Waals surface area contributed by atoms with E-state index in [-0.39, 0.29) is 0 Å². The van der Waals surface area contributed by atoms with Crippen LogP contribution in [0.4, 0.5) is 0 Å². The van der Waals surface area contributed by atoms with Crippen LogP contribution in [0.25, 0.3) is 121 Å². The van der Waals surface area contributed by atoms with Crippen LogP contribution in [0.3, 0.4) is 0 Å². The van der Waals surface area contributed by atoms with Gasteiger partial charge < -0.3 is 13.6 Å². The fourth-order valence-electron chi connectivity index (χ4n) is 9.95. The van der Waals surface area contributed by atoms with Gasteiger partial charge in [0.05, 0.1) is 22.1 Å². The lowest BCUT2D eigenvalue weighted by atomic mass is 9.97. The number of fused-ring (bicyclic) bond motifs is 9. The maximum atomic E-state index is 6.09. The van der Waals surface area contributed by atoms with Gasteiger partial charge in [0.15, 0.2) is 0 Å². The third-order valence-corrected chi connectivity index (χ3v) is 13.0. The minimum atomic E-state index is 0.914. The largest absolute Gasteiger partial charge is 0.456 e. The highest BCUT2D eigenvalue weighted by Crippen LogP contribution is 2.42. The van der Waals surface area contributed by atoms with E-state index < -0.39 is 0 Å². The van der Waals surface area contributed by atoms with Crippen LogP contribution >= 0.6 is 0 Å². The second kappa shape index (κ2) is 14.1. The molecule has 0 aliphatic carbocycles. The van der Waals surface area contributed by atoms with Gasteiger partial charge >= 0.3 is 0 Å². The van der Waals surface area contributed by atoms with Gasteiger partial charge in [-0.05, 0) is 111 Å². The molecule has 0 aliphatic rings. The van der Waals surface area contributed by atoms with Gasteiger partial charge in [0, 0.05) is 43.7 Å². The average molecular weight is 803 g/mol. The van der Waals surface area contributed by atoms with Gasteiger partial charge in [0.2, 0.25) is 0 Å². The Bertz CT molecular complexity index is 3870. The van der Waals surface area contributed by atoms with Crippen LogP contribution < -0.4 is 0 Å². The van der Waals surface area contributed by atoms with Gasteiger partial charge in [-0.25, -0.2) is 0 Å². The van der Waals surface area contributed by atoms with Crippen molar-refractivity contribution in [3.63, 3.8) is 0 Å². The highest BCUT2D eigenvalue weighted by Gasteiger charge is 2.19. The number of aromatic nitrogens is 2. The van der Waals surface area contributed by atoms with E-state index in [9.17, 15) is 0 Å². The Morgan fingerprint density at radius 1 is 0.254 bits per heavy atom. The predicted octanol–water partition coefficient (Wildman–Crippen LogP) is 16.4. The zero-order valence-corrected chi connectivity index (χ0v) is 34.2. The fraction of sp³-hybridized carbons (Fsp3) is 0. The van der Waals surface area contributed by atoms with Crippen molar-refractivity contribution in [2.75, 3.05) is 0 Å². The Balaban J connectivity index is 0.934. The first-order valence-electron chi connectivity index (χ1n) is 21.6. The van der Waals surface area contributed by atoms with Gasteiger partial charge in [-0.1, -0.05) is 164 Å². The summed E-state index contributed by atoms with van der Waals surface area (Å²) in [6.07, 6.45) is 0. The number of rotatable bonds is 6. The number of furan rings is 1. The molecule has 3 heteroatoms. The molecule has 10 aromatic carbocycles. The summed E-state index contributed by atoms with van der Waals surface area (Å²) in [5, 5.41) is 7.27.